The largest absolute Gasteiger partial charge is 0.493 e. The van der Waals surface area contributed by atoms with Crippen molar-refractivity contribution in [3.8, 4) is 17.2 Å². The van der Waals surface area contributed by atoms with Gasteiger partial charge in [-0.2, -0.15) is 0 Å². The van der Waals surface area contributed by atoms with Crippen molar-refractivity contribution in [1.82, 2.24) is 9.55 Å². The van der Waals surface area contributed by atoms with Crippen LogP contribution < -0.4 is 20.3 Å². The molecule has 168 valence electrons. The van der Waals surface area contributed by atoms with Crippen molar-refractivity contribution in [2.45, 2.75) is 5.16 Å². The molecule has 4 rings (SSSR count). The van der Waals surface area contributed by atoms with Crippen LogP contribution in [0.2, 0.25) is 5.02 Å². The summed E-state index contributed by atoms with van der Waals surface area (Å²) in [6.45, 7) is 0. The van der Waals surface area contributed by atoms with Gasteiger partial charge in [0.15, 0.2) is 16.7 Å². The maximum absolute atomic E-state index is 13.3. The minimum atomic E-state index is -0.253. The van der Waals surface area contributed by atoms with Gasteiger partial charge in [0, 0.05) is 16.8 Å². The molecule has 4 aromatic rings. The second kappa shape index (κ2) is 9.97. The number of hydrogen-bond donors (Lipinski definition) is 1. The molecule has 0 fully saturated rings. The van der Waals surface area contributed by atoms with E-state index in [2.05, 4.69) is 10.3 Å². The van der Waals surface area contributed by atoms with Crippen molar-refractivity contribution in [3.05, 3.63) is 82.1 Å². The average Bonchev–Trinajstić information content (AvgIpc) is 2.83. The van der Waals surface area contributed by atoms with Gasteiger partial charge in [-0.05, 0) is 48.5 Å². The van der Waals surface area contributed by atoms with E-state index in [1.165, 1.54) is 23.4 Å². The van der Waals surface area contributed by atoms with E-state index in [0.29, 0.717) is 44.0 Å². The molecular formula is C24H20ClN3O4S. The number of rotatable bonds is 7. The van der Waals surface area contributed by atoms with E-state index in [1.807, 2.05) is 6.07 Å². The minimum absolute atomic E-state index is 0.0483. The molecule has 1 heterocycles. The first-order valence-corrected chi connectivity index (χ1v) is 11.3. The molecule has 9 heteroatoms. The maximum Gasteiger partial charge on any atom is 0.266 e. The number of ether oxygens (including phenoxy) is 2. The van der Waals surface area contributed by atoms with Crippen LogP contribution in [-0.4, -0.2) is 35.4 Å². The van der Waals surface area contributed by atoms with Gasteiger partial charge in [-0.3, -0.25) is 14.2 Å². The molecule has 0 unspecified atom stereocenters. The lowest BCUT2D eigenvalue weighted by atomic mass is 10.2. The molecule has 7 nitrogen and oxygen atoms in total. The Labute approximate surface area is 199 Å². The second-order valence-corrected chi connectivity index (χ2v) is 8.31. The van der Waals surface area contributed by atoms with Gasteiger partial charge in [-0.25, -0.2) is 4.98 Å². The summed E-state index contributed by atoms with van der Waals surface area (Å²) in [7, 11) is 3.07. The van der Waals surface area contributed by atoms with Gasteiger partial charge >= 0.3 is 0 Å². The lowest BCUT2D eigenvalue weighted by Crippen LogP contribution is -2.23. The summed E-state index contributed by atoms with van der Waals surface area (Å²) in [4.78, 5) is 30.5. The van der Waals surface area contributed by atoms with Gasteiger partial charge in [-0.1, -0.05) is 35.5 Å². The molecule has 0 aliphatic heterocycles. The summed E-state index contributed by atoms with van der Waals surface area (Å²) in [5.41, 5.74) is 1.53. The molecule has 1 aromatic heterocycles. The van der Waals surface area contributed by atoms with Crippen LogP contribution in [0.25, 0.3) is 16.6 Å². The number of fused-ring (bicyclic) bond motifs is 1. The third-order valence-corrected chi connectivity index (χ3v) is 6.02. The van der Waals surface area contributed by atoms with E-state index >= 15 is 0 Å². The van der Waals surface area contributed by atoms with E-state index in [1.54, 1.807) is 67.8 Å². The van der Waals surface area contributed by atoms with E-state index in [9.17, 15) is 9.59 Å². The van der Waals surface area contributed by atoms with Crippen LogP contribution in [0.3, 0.4) is 0 Å². The highest BCUT2D eigenvalue weighted by molar-refractivity contribution is 7.99. The first kappa shape index (κ1) is 22.7. The molecule has 0 saturated heterocycles. The minimum Gasteiger partial charge on any atom is -0.493 e. The van der Waals surface area contributed by atoms with Gasteiger partial charge in [0.05, 0.1) is 36.6 Å². The Morgan fingerprint density at radius 1 is 1.03 bits per heavy atom. The smallest absolute Gasteiger partial charge is 0.266 e. The van der Waals surface area contributed by atoms with Crippen LogP contribution in [0.5, 0.6) is 11.5 Å². The fraction of sp³-hybridized carbons (Fsp3) is 0.125. The van der Waals surface area contributed by atoms with Gasteiger partial charge in [0.1, 0.15) is 0 Å². The number of thioether (sulfide) groups is 1. The fourth-order valence-corrected chi connectivity index (χ4v) is 4.21. The van der Waals surface area contributed by atoms with Crippen LogP contribution in [-0.2, 0) is 4.79 Å². The van der Waals surface area contributed by atoms with Crippen molar-refractivity contribution in [3.63, 3.8) is 0 Å². The van der Waals surface area contributed by atoms with Crippen molar-refractivity contribution < 1.29 is 14.3 Å². The first-order chi connectivity index (χ1) is 16.0. The maximum atomic E-state index is 13.3. The van der Waals surface area contributed by atoms with Crippen LogP contribution in [0.4, 0.5) is 5.69 Å². The van der Waals surface area contributed by atoms with Gasteiger partial charge in [0.2, 0.25) is 5.91 Å². The molecule has 0 aliphatic carbocycles. The molecular weight excluding hydrogens is 462 g/mol. The predicted octanol–water partition coefficient (Wildman–Crippen LogP) is 4.79. The Balaban J connectivity index is 1.61. The molecule has 0 atom stereocenters. The summed E-state index contributed by atoms with van der Waals surface area (Å²) in [6, 6.07) is 19.1. The molecule has 0 bridgehead atoms. The number of amides is 1. The summed E-state index contributed by atoms with van der Waals surface area (Å²) < 4.78 is 12.0. The standard InChI is InChI=1S/C24H20ClN3O4S/c1-31-20-12-9-16(13-21(20)32-2)26-22(29)14-33-24-27-19-6-4-3-5-18(19)23(30)28(24)17-10-7-15(25)8-11-17/h3-13H,14H2,1-2H3,(H,26,29). The molecule has 1 amide bonds. The molecule has 0 aliphatic rings. The number of aromatic nitrogens is 2. The highest BCUT2D eigenvalue weighted by Crippen LogP contribution is 2.30. The van der Waals surface area contributed by atoms with E-state index in [4.69, 9.17) is 21.1 Å². The van der Waals surface area contributed by atoms with Gasteiger partial charge < -0.3 is 14.8 Å². The number of hydrogen-bond acceptors (Lipinski definition) is 6. The quantitative estimate of drug-likeness (QED) is 0.302. The highest BCUT2D eigenvalue weighted by Gasteiger charge is 2.15. The molecule has 0 spiro atoms. The molecule has 0 radical (unpaired) electrons. The Morgan fingerprint density at radius 2 is 1.76 bits per heavy atom. The van der Waals surface area contributed by atoms with E-state index in [-0.39, 0.29) is 17.2 Å². The summed E-state index contributed by atoms with van der Waals surface area (Å²) >= 11 is 7.19. The number of carbonyl (C=O) groups is 1. The number of nitrogens with one attached hydrogen (secondary N) is 1. The number of anilines is 1. The van der Waals surface area contributed by atoms with E-state index in [0.717, 1.165) is 0 Å². The third-order valence-electron chi connectivity index (χ3n) is 4.83. The predicted molar refractivity (Wildman–Crippen MR) is 131 cm³/mol. The van der Waals surface area contributed by atoms with Gasteiger partial charge in [-0.15, -0.1) is 0 Å². The van der Waals surface area contributed by atoms with Crippen LogP contribution >= 0.6 is 23.4 Å². The molecule has 33 heavy (non-hydrogen) atoms. The lowest BCUT2D eigenvalue weighted by molar-refractivity contribution is -0.113. The van der Waals surface area contributed by atoms with Crippen LogP contribution in [0.15, 0.2) is 76.7 Å². The Kier molecular flexibility index (Phi) is 6.86. The average molecular weight is 482 g/mol. The summed E-state index contributed by atoms with van der Waals surface area (Å²) in [6.07, 6.45) is 0. The van der Waals surface area contributed by atoms with E-state index < -0.39 is 0 Å². The van der Waals surface area contributed by atoms with Gasteiger partial charge in [0.25, 0.3) is 5.56 Å². The monoisotopic (exact) mass is 481 g/mol. The number of benzene rings is 3. The van der Waals surface area contributed by atoms with Crippen molar-refractivity contribution >= 4 is 45.9 Å². The Bertz CT molecular complexity index is 1370. The third kappa shape index (κ3) is 4.97. The Hall–Kier alpha value is -3.49. The first-order valence-electron chi connectivity index (χ1n) is 9.92. The second-order valence-electron chi connectivity index (χ2n) is 6.94. The normalized spacial score (nSPS) is 10.8. The van der Waals surface area contributed by atoms with Crippen LogP contribution in [0.1, 0.15) is 0 Å². The van der Waals surface area contributed by atoms with Crippen molar-refractivity contribution in [2.75, 3.05) is 25.3 Å². The highest BCUT2D eigenvalue weighted by atomic mass is 35.5. The van der Waals surface area contributed by atoms with Crippen LogP contribution in [0, 0.1) is 0 Å². The molecule has 3 aromatic carbocycles. The Morgan fingerprint density at radius 3 is 2.48 bits per heavy atom. The zero-order valence-electron chi connectivity index (χ0n) is 17.9. The molecule has 0 saturated carbocycles. The number of para-hydroxylation sites is 1. The molecule has 1 N–H and O–H groups in total. The number of carbonyl (C=O) groups excluding carboxylic acids is 1. The van der Waals surface area contributed by atoms with Crippen molar-refractivity contribution in [2.24, 2.45) is 0 Å². The number of halogens is 1. The SMILES string of the molecule is COc1ccc(NC(=O)CSc2nc3ccccc3c(=O)n2-c2ccc(Cl)cc2)cc1OC. The number of methoxy groups -OCH3 is 2. The summed E-state index contributed by atoms with van der Waals surface area (Å²) in [5, 5.41) is 4.29. The number of nitrogens with zero attached hydrogens (tertiary/aromatic N) is 2. The topological polar surface area (TPSA) is 82.5 Å². The lowest BCUT2D eigenvalue weighted by Gasteiger charge is -2.14. The zero-order chi connectivity index (χ0) is 23.4. The van der Waals surface area contributed by atoms with Crippen molar-refractivity contribution in [1.29, 1.82) is 0 Å². The summed E-state index contributed by atoms with van der Waals surface area (Å²) in [5.74, 6) is 0.873. The zero-order valence-corrected chi connectivity index (χ0v) is 19.4. The fourth-order valence-electron chi connectivity index (χ4n) is 3.27.